The van der Waals surface area contributed by atoms with E-state index in [9.17, 15) is 4.79 Å². The number of nitrogens with one attached hydrogen (secondary N) is 1. The molecule has 1 aromatic rings. The summed E-state index contributed by atoms with van der Waals surface area (Å²) in [6.07, 6.45) is 2.31. The van der Waals surface area contributed by atoms with Gasteiger partial charge in [0.25, 0.3) is 0 Å². The number of hydrogen-bond acceptors (Lipinski definition) is 5. The molecule has 0 radical (unpaired) electrons. The van der Waals surface area contributed by atoms with Crippen molar-refractivity contribution in [1.82, 2.24) is 4.90 Å². The first-order valence-corrected chi connectivity index (χ1v) is 8.22. The van der Waals surface area contributed by atoms with Gasteiger partial charge in [-0.3, -0.25) is 0 Å². The zero-order valence-corrected chi connectivity index (χ0v) is 14.2. The minimum Gasteiger partial charge on any atom is -0.497 e. The second-order valence-corrected chi connectivity index (χ2v) is 5.94. The van der Waals surface area contributed by atoms with Crippen LogP contribution in [-0.2, 0) is 9.47 Å². The summed E-state index contributed by atoms with van der Waals surface area (Å²) in [5.41, 5.74) is 0.590. The third kappa shape index (κ3) is 3.57. The van der Waals surface area contributed by atoms with Gasteiger partial charge in [-0.25, -0.2) is 4.79 Å². The number of rotatable bonds is 3. The molecule has 24 heavy (non-hydrogen) atoms. The fourth-order valence-electron chi connectivity index (χ4n) is 3.06. The smallest absolute Gasteiger partial charge is 0.321 e. The van der Waals surface area contributed by atoms with E-state index in [0.29, 0.717) is 43.1 Å². The maximum Gasteiger partial charge on any atom is 0.321 e. The van der Waals surface area contributed by atoms with Crippen LogP contribution in [0.1, 0.15) is 19.3 Å². The van der Waals surface area contributed by atoms with Gasteiger partial charge in [-0.2, -0.15) is 0 Å². The molecular formula is C17H24N2O5. The summed E-state index contributed by atoms with van der Waals surface area (Å²) in [6.45, 7) is 2.65. The van der Waals surface area contributed by atoms with Crippen molar-refractivity contribution in [1.29, 1.82) is 0 Å². The molecule has 2 amide bonds. The van der Waals surface area contributed by atoms with E-state index in [4.69, 9.17) is 18.9 Å². The van der Waals surface area contributed by atoms with Gasteiger partial charge in [-0.1, -0.05) is 0 Å². The largest absolute Gasteiger partial charge is 0.497 e. The lowest BCUT2D eigenvalue weighted by Gasteiger charge is -2.43. The molecule has 2 aliphatic heterocycles. The van der Waals surface area contributed by atoms with Gasteiger partial charge in [-0.05, 0) is 18.6 Å². The van der Waals surface area contributed by atoms with Crippen molar-refractivity contribution in [2.24, 2.45) is 0 Å². The molecular weight excluding hydrogens is 312 g/mol. The minimum atomic E-state index is -0.497. The predicted molar refractivity (Wildman–Crippen MR) is 88.6 cm³/mol. The van der Waals surface area contributed by atoms with Crippen LogP contribution in [0.4, 0.5) is 10.5 Å². The first-order chi connectivity index (χ1) is 11.7. The number of piperidine rings is 1. The molecule has 0 saturated carbocycles. The summed E-state index contributed by atoms with van der Waals surface area (Å²) in [5, 5.41) is 2.90. The van der Waals surface area contributed by atoms with Crippen LogP contribution in [0.15, 0.2) is 18.2 Å². The van der Waals surface area contributed by atoms with Crippen molar-refractivity contribution in [3.63, 3.8) is 0 Å². The Kier molecular flexibility index (Phi) is 5.11. The van der Waals surface area contributed by atoms with E-state index >= 15 is 0 Å². The van der Waals surface area contributed by atoms with E-state index in [1.54, 1.807) is 37.3 Å². The molecule has 0 aliphatic carbocycles. The Morgan fingerprint density at radius 1 is 1.17 bits per heavy atom. The highest BCUT2D eigenvalue weighted by Gasteiger charge is 2.39. The summed E-state index contributed by atoms with van der Waals surface area (Å²) in [5.74, 6) is 0.757. The number of amides is 2. The first kappa shape index (κ1) is 16.9. The molecule has 2 heterocycles. The van der Waals surface area contributed by atoms with Crippen molar-refractivity contribution in [2.75, 3.05) is 45.8 Å². The van der Waals surface area contributed by atoms with Gasteiger partial charge in [0.15, 0.2) is 5.79 Å². The van der Waals surface area contributed by atoms with Crippen LogP contribution >= 0.6 is 0 Å². The van der Waals surface area contributed by atoms with Crippen LogP contribution in [0.5, 0.6) is 11.5 Å². The Morgan fingerprint density at radius 3 is 2.50 bits per heavy atom. The summed E-state index contributed by atoms with van der Waals surface area (Å²) < 4.78 is 22.1. The number of methoxy groups -OCH3 is 2. The summed E-state index contributed by atoms with van der Waals surface area (Å²) in [6, 6.07) is 5.14. The van der Waals surface area contributed by atoms with Gasteiger partial charge in [0, 0.05) is 32.0 Å². The molecule has 0 unspecified atom stereocenters. The fourth-order valence-corrected chi connectivity index (χ4v) is 3.06. The Hall–Kier alpha value is -1.99. The van der Waals surface area contributed by atoms with E-state index in [2.05, 4.69) is 5.32 Å². The number of likely N-dealkylation sites (tertiary alicyclic amines) is 1. The Bertz CT molecular complexity index is 576. The summed E-state index contributed by atoms with van der Waals surface area (Å²) in [4.78, 5) is 14.3. The quantitative estimate of drug-likeness (QED) is 0.918. The number of hydrogen-bond donors (Lipinski definition) is 1. The highest BCUT2D eigenvalue weighted by molar-refractivity contribution is 5.91. The SMILES string of the molecule is COc1ccc(OC)c(NC(=O)N2CCC3(CC2)OCCCO3)c1. The molecule has 2 saturated heterocycles. The molecule has 0 aromatic heterocycles. The van der Waals surface area contributed by atoms with E-state index in [1.165, 1.54) is 0 Å². The van der Waals surface area contributed by atoms with E-state index in [0.717, 1.165) is 19.6 Å². The van der Waals surface area contributed by atoms with Crippen molar-refractivity contribution in [3.8, 4) is 11.5 Å². The van der Waals surface area contributed by atoms with Crippen LogP contribution < -0.4 is 14.8 Å². The summed E-state index contributed by atoms with van der Waals surface area (Å²) >= 11 is 0. The number of anilines is 1. The molecule has 7 nitrogen and oxygen atoms in total. The molecule has 3 rings (SSSR count). The van der Waals surface area contributed by atoms with Crippen LogP contribution in [0.25, 0.3) is 0 Å². The van der Waals surface area contributed by atoms with Crippen LogP contribution in [-0.4, -0.2) is 57.2 Å². The van der Waals surface area contributed by atoms with Crippen LogP contribution in [0.2, 0.25) is 0 Å². The lowest BCUT2D eigenvalue weighted by molar-refractivity contribution is -0.281. The molecule has 7 heteroatoms. The van der Waals surface area contributed by atoms with Crippen LogP contribution in [0.3, 0.4) is 0 Å². The van der Waals surface area contributed by atoms with E-state index in [1.807, 2.05) is 0 Å². The summed E-state index contributed by atoms with van der Waals surface area (Å²) in [7, 11) is 3.15. The number of urea groups is 1. The zero-order chi connectivity index (χ0) is 17.0. The minimum absolute atomic E-state index is 0.160. The lowest BCUT2D eigenvalue weighted by atomic mass is 10.0. The predicted octanol–water partition coefficient (Wildman–Crippen LogP) is 2.46. The van der Waals surface area contributed by atoms with Gasteiger partial charge >= 0.3 is 6.03 Å². The van der Waals surface area contributed by atoms with Crippen molar-refractivity contribution < 1.29 is 23.7 Å². The van der Waals surface area contributed by atoms with Gasteiger partial charge < -0.3 is 29.2 Å². The average molecular weight is 336 g/mol. The molecule has 1 N–H and O–H groups in total. The van der Waals surface area contributed by atoms with Crippen molar-refractivity contribution >= 4 is 11.7 Å². The first-order valence-electron chi connectivity index (χ1n) is 8.22. The molecule has 1 aromatic carbocycles. The standard InChI is InChI=1S/C17H24N2O5/c1-21-13-4-5-15(22-2)14(12-13)18-16(20)19-8-6-17(7-9-19)23-10-3-11-24-17/h4-5,12H,3,6-11H2,1-2H3,(H,18,20). The van der Waals surface area contributed by atoms with Crippen LogP contribution in [0, 0.1) is 0 Å². The van der Waals surface area contributed by atoms with Gasteiger partial charge in [0.1, 0.15) is 11.5 Å². The zero-order valence-electron chi connectivity index (χ0n) is 14.2. The molecule has 0 atom stereocenters. The third-order valence-corrected chi connectivity index (χ3v) is 4.48. The van der Waals surface area contributed by atoms with Gasteiger partial charge in [0.05, 0.1) is 33.1 Å². The highest BCUT2D eigenvalue weighted by Crippen LogP contribution is 2.32. The molecule has 0 bridgehead atoms. The topological polar surface area (TPSA) is 69.3 Å². The third-order valence-electron chi connectivity index (χ3n) is 4.48. The number of ether oxygens (including phenoxy) is 4. The Labute approximate surface area is 141 Å². The molecule has 132 valence electrons. The van der Waals surface area contributed by atoms with Crippen molar-refractivity contribution in [2.45, 2.75) is 25.0 Å². The molecule has 2 fully saturated rings. The number of benzene rings is 1. The van der Waals surface area contributed by atoms with E-state index in [-0.39, 0.29) is 6.03 Å². The second-order valence-electron chi connectivity index (χ2n) is 5.94. The molecule has 2 aliphatic rings. The normalized spacial score (nSPS) is 19.8. The Morgan fingerprint density at radius 2 is 1.88 bits per heavy atom. The lowest BCUT2D eigenvalue weighted by Crippen LogP contribution is -2.52. The number of carbonyl (C=O) groups is 1. The van der Waals surface area contributed by atoms with E-state index < -0.39 is 5.79 Å². The maximum absolute atomic E-state index is 12.5. The maximum atomic E-state index is 12.5. The Balaban J connectivity index is 1.62. The monoisotopic (exact) mass is 336 g/mol. The highest BCUT2D eigenvalue weighted by atomic mass is 16.7. The number of carbonyl (C=O) groups excluding carboxylic acids is 1. The van der Waals surface area contributed by atoms with Gasteiger partial charge in [-0.15, -0.1) is 0 Å². The second kappa shape index (κ2) is 7.27. The van der Waals surface area contributed by atoms with Crippen molar-refractivity contribution in [3.05, 3.63) is 18.2 Å². The average Bonchev–Trinajstić information content (AvgIpc) is 2.63. The fraction of sp³-hybridized carbons (Fsp3) is 0.588. The number of nitrogens with zero attached hydrogens (tertiary/aromatic N) is 1. The molecule has 1 spiro atoms. The van der Waals surface area contributed by atoms with Gasteiger partial charge in [0.2, 0.25) is 0 Å².